The molecule has 3 nitrogen and oxygen atoms in total. The van der Waals surface area contributed by atoms with Crippen molar-refractivity contribution in [1.29, 1.82) is 0 Å². The van der Waals surface area contributed by atoms with Gasteiger partial charge in [0.05, 0.1) is 16.6 Å². The van der Waals surface area contributed by atoms with Crippen LogP contribution in [0.15, 0.2) is 72.8 Å². The first-order chi connectivity index (χ1) is 15.8. The molecule has 0 aliphatic carbocycles. The number of alkyl halides is 3. The highest BCUT2D eigenvalue weighted by Crippen LogP contribution is 2.40. The summed E-state index contributed by atoms with van der Waals surface area (Å²) in [4.78, 5) is 13.8. The second-order valence-electron chi connectivity index (χ2n) is 8.22. The Balaban J connectivity index is 1.81. The van der Waals surface area contributed by atoms with Crippen molar-refractivity contribution in [2.24, 2.45) is 0 Å². The molecule has 4 rings (SSSR count). The predicted molar refractivity (Wildman–Crippen MR) is 122 cm³/mol. The van der Waals surface area contributed by atoms with E-state index >= 15 is 0 Å². The van der Waals surface area contributed by atoms with Gasteiger partial charge in [-0.15, -0.1) is 0 Å². The monoisotopic (exact) mass is 473 g/mol. The summed E-state index contributed by atoms with van der Waals surface area (Å²) in [6.45, 7) is 0.478. The lowest BCUT2D eigenvalue weighted by molar-refractivity contribution is -0.145. The molecule has 1 saturated heterocycles. The molecule has 1 aliphatic rings. The van der Waals surface area contributed by atoms with Gasteiger partial charge in [0.1, 0.15) is 6.04 Å². The Morgan fingerprint density at radius 3 is 2.21 bits per heavy atom. The summed E-state index contributed by atoms with van der Waals surface area (Å²) in [7, 11) is 0. The van der Waals surface area contributed by atoms with Gasteiger partial charge in [-0.3, -0.25) is 9.69 Å². The minimum absolute atomic E-state index is 0.368. The zero-order valence-corrected chi connectivity index (χ0v) is 18.5. The Morgan fingerprint density at radius 2 is 1.58 bits per heavy atom. The van der Waals surface area contributed by atoms with Crippen molar-refractivity contribution in [1.82, 2.24) is 4.90 Å². The van der Waals surface area contributed by atoms with Gasteiger partial charge in [0.25, 0.3) is 0 Å². The van der Waals surface area contributed by atoms with E-state index in [-0.39, 0.29) is 5.02 Å². The lowest BCUT2D eigenvalue weighted by Gasteiger charge is -2.40. The summed E-state index contributed by atoms with van der Waals surface area (Å²) in [6.07, 6.45) is -2.61. The van der Waals surface area contributed by atoms with Gasteiger partial charge in [-0.1, -0.05) is 78.7 Å². The van der Waals surface area contributed by atoms with Crippen LogP contribution in [0.2, 0.25) is 5.02 Å². The van der Waals surface area contributed by atoms with Crippen molar-refractivity contribution in [3.63, 3.8) is 0 Å². The predicted octanol–water partition coefficient (Wildman–Crippen LogP) is 7.05. The molecule has 0 aromatic heterocycles. The first-order valence-corrected chi connectivity index (χ1v) is 11.1. The van der Waals surface area contributed by atoms with Crippen LogP contribution in [-0.2, 0) is 11.0 Å². The van der Waals surface area contributed by atoms with Gasteiger partial charge in [-0.25, -0.2) is 0 Å². The molecule has 1 aliphatic heterocycles. The molecule has 2 atom stereocenters. The second kappa shape index (κ2) is 9.57. The SMILES string of the molecule is O=C(O)C1CCCCN1C(c1ccc(-c2ccccc2)cc1)c1ccc(Cl)c(C(F)(F)F)c1. The highest BCUT2D eigenvalue weighted by atomic mass is 35.5. The van der Waals surface area contributed by atoms with Crippen molar-refractivity contribution in [3.8, 4) is 11.1 Å². The molecular weight excluding hydrogens is 451 g/mol. The molecule has 1 N–H and O–H groups in total. The minimum atomic E-state index is -4.61. The normalized spacial score (nSPS) is 18.1. The van der Waals surface area contributed by atoms with Gasteiger partial charge in [-0.2, -0.15) is 13.2 Å². The van der Waals surface area contributed by atoms with E-state index in [9.17, 15) is 23.1 Å². The maximum absolute atomic E-state index is 13.6. The molecule has 7 heteroatoms. The molecule has 0 radical (unpaired) electrons. The lowest BCUT2D eigenvalue weighted by atomic mass is 9.90. The lowest BCUT2D eigenvalue weighted by Crippen LogP contribution is -2.46. The Hall–Kier alpha value is -2.83. The Labute approximate surface area is 195 Å². The molecular formula is C26H23ClF3NO2. The van der Waals surface area contributed by atoms with E-state index in [4.69, 9.17) is 11.6 Å². The minimum Gasteiger partial charge on any atom is -0.480 e. The molecule has 1 heterocycles. The molecule has 0 spiro atoms. The fourth-order valence-electron chi connectivity index (χ4n) is 4.52. The van der Waals surface area contributed by atoms with Crippen LogP contribution < -0.4 is 0 Å². The van der Waals surface area contributed by atoms with E-state index in [1.807, 2.05) is 54.6 Å². The number of hydrogen-bond donors (Lipinski definition) is 1. The Bertz CT molecular complexity index is 1120. The van der Waals surface area contributed by atoms with Crippen LogP contribution in [-0.4, -0.2) is 28.6 Å². The van der Waals surface area contributed by atoms with Crippen LogP contribution in [0, 0.1) is 0 Å². The molecule has 172 valence electrons. The van der Waals surface area contributed by atoms with Crippen LogP contribution in [0.25, 0.3) is 11.1 Å². The van der Waals surface area contributed by atoms with Gasteiger partial charge in [0.2, 0.25) is 0 Å². The van der Waals surface area contributed by atoms with Crippen LogP contribution in [0.4, 0.5) is 13.2 Å². The summed E-state index contributed by atoms with van der Waals surface area (Å²) < 4.78 is 40.8. The third-order valence-corrected chi connectivity index (χ3v) is 6.44. The van der Waals surface area contributed by atoms with Gasteiger partial charge in [0.15, 0.2) is 0 Å². The van der Waals surface area contributed by atoms with Crippen molar-refractivity contribution in [2.75, 3.05) is 6.54 Å². The van der Waals surface area contributed by atoms with Crippen molar-refractivity contribution < 1.29 is 23.1 Å². The van der Waals surface area contributed by atoms with E-state index < -0.39 is 29.8 Å². The molecule has 2 unspecified atom stereocenters. The summed E-state index contributed by atoms with van der Waals surface area (Å²) in [5.41, 5.74) is 2.17. The quantitative estimate of drug-likeness (QED) is 0.431. The average Bonchev–Trinajstić information content (AvgIpc) is 2.81. The van der Waals surface area contributed by atoms with E-state index in [1.54, 1.807) is 11.0 Å². The smallest absolute Gasteiger partial charge is 0.417 e. The Kier molecular flexibility index (Phi) is 6.77. The zero-order valence-electron chi connectivity index (χ0n) is 17.7. The number of piperidine rings is 1. The summed E-state index contributed by atoms with van der Waals surface area (Å²) in [6, 6.07) is 19.7. The van der Waals surface area contributed by atoms with Crippen LogP contribution in [0.5, 0.6) is 0 Å². The number of hydrogen-bond acceptors (Lipinski definition) is 2. The summed E-state index contributed by atoms with van der Waals surface area (Å²) in [5, 5.41) is 9.45. The maximum atomic E-state index is 13.6. The van der Waals surface area contributed by atoms with E-state index in [0.717, 1.165) is 35.6 Å². The van der Waals surface area contributed by atoms with Crippen LogP contribution in [0.1, 0.15) is 42.0 Å². The topological polar surface area (TPSA) is 40.5 Å². The average molecular weight is 474 g/mol. The van der Waals surface area contributed by atoms with Crippen LogP contribution in [0.3, 0.4) is 0 Å². The van der Waals surface area contributed by atoms with Crippen molar-refractivity contribution >= 4 is 17.6 Å². The number of halogens is 4. The van der Waals surface area contributed by atoms with Gasteiger partial charge >= 0.3 is 12.1 Å². The summed E-state index contributed by atoms with van der Waals surface area (Å²) >= 11 is 5.86. The highest BCUT2D eigenvalue weighted by Gasteiger charge is 2.38. The first kappa shape index (κ1) is 23.3. The number of carboxylic acids is 1. The zero-order chi connectivity index (χ0) is 23.6. The van der Waals surface area contributed by atoms with Crippen molar-refractivity contribution in [3.05, 3.63) is 94.5 Å². The van der Waals surface area contributed by atoms with Crippen LogP contribution >= 0.6 is 11.6 Å². The molecule has 0 saturated carbocycles. The number of carboxylic acid groups (broad SMARTS) is 1. The Morgan fingerprint density at radius 1 is 0.939 bits per heavy atom. The number of nitrogens with zero attached hydrogens (tertiary/aromatic N) is 1. The van der Waals surface area contributed by atoms with Gasteiger partial charge in [-0.05, 0) is 53.8 Å². The highest BCUT2D eigenvalue weighted by molar-refractivity contribution is 6.31. The third kappa shape index (κ3) is 5.07. The van der Waals surface area contributed by atoms with Crippen molar-refractivity contribution in [2.45, 2.75) is 37.5 Å². The molecule has 0 bridgehead atoms. The number of likely N-dealkylation sites (tertiary alicyclic amines) is 1. The number of rotatable bonds is 5. The fraction of sp³-hybridized carbons (Fsp3) is 0.269. The van der Waals surface area contributed by atoms with E-state index in [1.165, 1.54) is 6.07 Å². The van der Waals surface area contributed by atoms with E-state index in [2.05, 4.69) is 0 Å². The summed E-state index contributed by atoms with van der Waals surface area (Å²) in [5.74, 6) is -0.967. The largest absolute Gasteiger partial charge is 0.480 e. The number of aliphatic carboxylic acids is 1. The van der Waals surface area contributed by atoms with E-state index in [0.29, 0.717) is 18.5 Å². The maximum Gasteiger partial charge on any atom is 0.417 e. The standard InChI is InChI=1S/C26H23ClF3NO2/c27-22-14-13-20(16-21(22)26(28,29)30)24(31-15-5-4-8-23(31)25(32)33)19-11-9-18(10-12-19)17-6-2-1-3-7-17/h1-3,6-7,9-14,16,23-24H,4-5,8,15H2,(H,32,33). The molecule has 1 fully saturated rings. The third-order valence-electron chi connectivity index (χ3n) is 6.11. The van der Waals surface area contributed by atoms with Gasteiger partial charge < -0.3 is 5.11 Å². The number of carbonyl (C=O) groups is 1. The second-order valence-corrected chi connectivity index (χ2v) is 8.62. The molecule has 3 aromatic carbocycles. The molecule has 0 amide bonds. The first-order valence-electron chi connectivity index (χ1n) is 10.8. The molecule has 3 aromatic rings. The molecule has 33 heavy (non-hydrogen) atoms. The fourth-order valence-corrected chi connectivity index (χ4v) is 4.75. The van der Waals surface area contributed by atoms with Gasteiger partial charge in [0, 0.05) is 0 Å². The number of benzene rings is 3.